The molecule has 0 unspecified atom stereocenters. The number of nitrogens with zero attached hydrogens (tertiary/aromatic N) is 4. The van der Waals surface area contributed by atoms with Crippen LogP contribution in [0.25, 0.3) is 0 Å². The number of aliphatic imine (C=N–C) groups is 1. The Morgan fingerprint density at radius 1 is 1.17 bits per heavy atom. The van der Waals surface area contributed by atoms with Gasteiger partial charge in [-0.3, -0.25) is 4.99 Å². The maximum atomic E-state index is 5.44. The summed E-state index contributed by atoms with van der Waals surface area (Å²) in [6.45, 7) is 10.0. The predicted octanol–water partition coefficient (Wildman–Crippen LogP) is 3.30. The smallest absolute Gasteiger partial charge is 0.191 e. The van der Waals surface area contributed by atoms with Crippen LogP contribution in [-0.2, 0) is 25.9 Å². The number of nitrogens with one attached hydrogen (secondary N) is 2. The van der Waals surface area contributed by atoms with E-state index < -0.39 is 0 Å². The lowest BCUT2D eigenvalue weighted by molar-refractivity contribution is 0.380. The molecule has 158 valence electrons. The Morgan fingerprint density at radius 2 is 1.93 bits per heavy atom. The molecule has 2 aromatic rings. The fourth-order valence-corrected chi connectivity index (χ4v) is 3.66. The Labute approximate surface area is 174 Å². The second kappa shape index (κ2) is 10.3. The van der Waals surface area contributed by atoms with Gasteiger partial charge in [-0.1, -0.05) is 32.0 Å². The number of hydrogen-bond donors (Lipinski definition) is 2. The van der Waals surface area contributed by atoms with Crippen molar-refractivity contribution in [2.24, 2.45) is 10.9 Å². The number of guanidine groups is 1. The van der Waals surface area contributed by atoms with Gasteiger partial charge in [-0.05, 0) is 36.8 Å². The van der Waals surface area contributed by atoms with E-state index in [0.717, 1.165) is 66.2 Å². The van der Waals surface area contributed by atoms with E-state index in [0.29, 0.717) is 13.1 Å². The lowest BCUT2D eigenvalue weighted by atomic mass is 9.99. The van der Waals surface area contributed by atoms with Gasteiger partial charge in [0.1, 0.15) is 11.6 Å². The van der Waals surface area contributed by atoms with Gasteiger partial charge in [0.05, 0.1) is 5.69 Å². The van der Waals surface area contributed by atoms with E-state index in [2.05, 4.69) is 63.6 Å². The molecule has 3 heterocycles. The van der Waals surface area contributed by atoms with Gasteiger partial charge >= 0.3 is 0 Å². The van der Waals surface area contributed by atoms with Crippen LogP contribution in [0.4, 0.5) is 5.82 Å². The minimum atomic E-state index is 0.653. The fraction of sp³-hybridized carbons (Fsp3) is 0.591. The SMILES string of the molecule is CCc1noc(CC)c1CNC(=NC)NCc1ccc(N2CCC(C)CC2)nc1. The summed E-state index contributed by atoms with van der Waals surface area (Å²) < 4.78 is 5.44. The number of hydrogen-bond acceptors (Lipinski definition) is 5. The van der Waals surface area contributed by atoms with E-state index in [1.807, 2.05) is 6.20 Å². The number of aryl methyl sites for hydroxylation is 2. The van der Waals surface area contributed by atoms with E-state index in [9.17, 15) is 0 Å². The van der Waals surface area contributed by atoms with Gasteiger partial charge in [-0.15, -0.1) is 0 Å². The first-order valence-corrected chi connectivity index (χ1v) is 10.7. The summed E-state index contributed by atoms with van der Waals surface area (Å²) in [6.07, 6.45) is 6.15. The maximum absolute atomic E-state index is 5.44. The normalized spacial score (nSPS) is 15.6. The number of pyridine rings is 1. The van der Waals surface area contributed by atoms with Crippen LogP contribution in [0.15, 0.2) is 27.8 Å². The van der Waals surface area contributed by atoms with Crippen molar-refractivity contribution in [2.75, 3.05) is 25.0 Å². The quantitative estimate of drug-likeness (QED) is 0.550. The lowest BCUT2D eigenvalue weighted by Gasteiger charge is -2.31. The van der Waals surface area contributed by atoms with E-state index in [4.69, 9.17) is 4.52 Å². The Hall–Kier alpha value is -2.57. The highest BCUT2D eigenvalue weighted by Crippen LogP contribution is 2.21. The Balaban J connectivity index is 1.51. The average molecular weight is 399 g/mol. The highest BCUT2D eigenvalue weighted by Gasteiger charge is 2.17. The molecular formula is C22H34N6O. The first-order chi connectivity index (χ1) is 14.1. The van der Waals surface area contributed by atoms with Gasteiger partial charge in [0, 0.05) is 51.4 Å². The van der Waals surface area contributed by atoms with Crippen molar-refractivity contribution in [3.63, 3.8) is 0 Å². The molecule has 0 bridgehead atoms. The Kier molecular flexibility index (Phi) is 7.49. The molecule has 0 amide bonds. The van der Waals surface area contributed by atoms with Gasteiger partial charge in [-0.2, -0.15) is 0 Å². The van der Waals surface area contributed by atoms with Crippen LogP contribution < -0.4 is 15.5 Å². The summed E-state index contributed by atoms with van der Waals surface area (Å²) in [7, 11) is 1.78. The molecule has 29 heavy (non-hydrogen) atoms. The zero-order valence-corrected chi connectivity index (χ0v) is 18.2. The molecule has 1 saturated heterocycles. The third-order valence-corrected chi connectivity index (χ3v) is 5.64. The second-order valence-electron chi connectivity index (χ2n) is 7.71. The number of rotatable bonds is 7. The van der Waals surface area contributed by atoms with Crippen molar-refractivity contribution in [1.82, 2.24) is 20.8 Å². The van der Waals surface area contributed by atoms with Crippen molar-refractivity contribution in [3.05, 3.63) is 40.9 Å². The number of aromatic nitrogens is 2. The first kappa shape index (κ1) is 21.1. The van der Waals surface area contributed by atoms with Crippen LogP contribution in [0.5, 0.6) is 0 Å². The molecule has 0 saturated carbocycles. The standard InChI is InChI=1S/C22H34N6O/c1-5-19-18(20(6-2)29-27-19)15-26-22(23-4)25-14-17-7-8-21(24-13-17)28-11-9-16(3)10-12-28/h7-8,13,16H,5-6,9-12,14-15H2,1-4H3,(H2,23,25,26). The number of piperidine rings is 1. The van der Waals surface area contributed by atoms with Gasteiger partial charge in [-0.25, -0.2) is 4.98 Å². The maximum Gasteiger partial charge on any atom is 0.191 e. The monoisotopic (exact) mass is 398 g/mol. The van der Waals surface area contributed by atoms with Crippen LogP contribution in [0.3, 0.4) is 0 Å². The second-order valence-corrected chi connectivity index (χ2v) is 7.71. The molecule has 0 aromatic carbocycles. The minimum absolute atomic E-state index is 0.653. The fourth-order valence-electron chi connectivity index (χ4n) is 3.66. The molecule has 3 rings (SSSR count). The molecule has 2 aromatic heterocycles. The van der Waals surface area contributed by atoms with Gasteiger partial charge in [0.15, 0.2) is 5.96 Å². The predicted molar refractivity (Wildman–Crippen MR) is 117 cm³/mol. The van der Waals surface area contributed by atoms with E-state index in [-0.39, 0.29) is 0 Å². The van der Waals surface area contributed by atoms with Crippen molar-refractivity contribution in [1.29, 1.82) is 0 Å². The van der Waals surface area contributed by atoms with Crippen LogP contribution in [0.1, 0.15) is 56.2 Å². The van der Waals surface area contributed by atoms with E-state index in [1.165, 1.54) is 12.8 Å². The zero-order chi connectivity index (χ0) is 20.6. The molecule has 1 aliphatic heterocycles. The molecule has 0 spiro atoms. The molecule has 0 aliphatic carbocycles. The molecule has 0 atom stereocenters. The van der Waals surface area contributed by atoms with Crippen molar-refractivity contribution in [3.8, 4) is 0 Å². The third-order valence-electron chi connectivity index (χ3n) is 5.64. The molecule has 7 heteroatoms. The lowest BCUT2D eigenvalue weighted by Crippen LogP contribution is -2.36. The largest absolute Gasteiger partial charge is 0.361 e. The summed E-state index contributed by atoms with van der Waals surface area (Å²) in [5.41, 5.74) is 3.28. The molecule has 2 N–H and O–H groups in total. The van der Waals surface area contributed by atoms with Crippen molar-refractivity contribution < 1.29 is 4.52 Å². The van der Waals surface area contributed by atoms with Gasteiger partial charge < -0.3 is 20.1 Å². The average Bonchev–Trinajstić information content (AvgIpc) is 3.17. The molecule has 7 nitrogen and oxygen atoms in total. The van der Waals surface area contributed by atoms with Crippen LogP contribution in [0.2, 0.25) is 0 Å². The summed E-state index contributed by atoms with van der Waals surface area (Å²) >= 11 is 0. The summed E-state index contributed by atoms with van der Waals surface area (Å²) in [5, 5.41) is 10.9. The van der Waals surface area contributed by atoms with Gasteiger partial charge in [0.25, 0.3) is 0 Å². The minimum Gasteiger partial charge on any atom is -0.361 e. The molecule has 0 radical (unpaired) electrons. The Bertz CT molecular complexity index is 769. The summed E-state index contributed by atoms with van der Waals surface area (Å²) in [4.78, 5) is 11.4. The van der Waals surface area contributed by atoms with Crippen LogP contribution in [0, 0.1) is 5.92 Å². The van der Waals surface area contributed by atoms with Crippen molar-refractivity contribution in [2.45, 2.75) is 59.5 Å². The highest BCUT2D eigenvalue weighted by atomic mass is 16.5. The first-order valence-electron chi connectivity index (χ1n) is 10.7. The molecule has 1 aliphatic rings. The van der Waals surface area contributed by atoms with Crippen molar-refractivity contribution >= 4 is 11.8 Å². The summed E-state index contributed by atoms with van der Waals surface area (Å²) in [5.74, 6) is 3.60. The van der Waals surface area contributed by atoms with E-state index in [1.54, 1.807) is 7.05 Å². The van der Waals surface area contributed by atoms with E-state index >= 15 is 0 Å². The third kappa shape index (κ3) is 5.49. The molecular weight excluding hydrogens is 364 g/mol. The molecule has 1 fully saturated rings. The Morgan fingerprint density at radius 3 is 2.55 bits per heavy atom. The summed E-state index contributed by atoms with van der Waals surface area (Å²) in [6, 6.07) is 4.27. The van der Waals surface area contributed by atoms with Crippen LogP contribution in [-0.4, -0.2) is 36.2 Å². The number of anilines is 1. The zero-order valence-electron chi connectivity index (χ0n) is 18.2. The van der Waals surface area contributed by atoms with Gasteiger partial charge in [0.2, 0.25) is 0 Å². The highest BCUT2D eigenvalue weighted by molar-refractivity contribution is 5.79. The topological polar surface area (TPSA) is 78.6 Å². The van der Waals surface area contributed by atoms with Crippen LogP contribution >= 0.6 is 0 Å².